The van der Waals surface area contributed by atoms with Gasteiger partial charge in [0.1, 0.15) is 0 Å². The Morgan fingerprint density at radius 2 is 1.73 bits per heavy atom. The van der Waals surface area contributed by atoms with Crippen LogP contribution in [0.5, 0.6) is 0 Å². The molecular formula is C6H9NaO4. The van der Waals surface area contributed by atoms with Gasteiger partial charge in [0.2, 0.25) is 0 Å². The van der Waals surface area contributed by atoms with Crippen molar-refractivity contribution in [3.63, 3.8) is 0 Å². The Morgan fingerprint density at radius 1 is 1.45 bits per heavy atom. The molecule has 0 saturated heterocycles. The maximum absolute atomic E-state index is 9.75. The number of rotatable bonds is 1. The molecule has 0 aliphatic heterocycles. The van der Waals surface area contributed by atoms with Gasteiger partial charge in [0, 0.05) is 12.9 Å². The maximum atomic E-state index is 9.75. The molecule has 0 aromatic carbocycles. The van der Waals surface area contributed by atoms with Crippen LogP contribution in [-0.2, 0) is 14.3 Å². The Kier molecular flexibility index (Phi) is 19.1. The number of hydrogen-bond donors (Lipinski definition) is 0. The number of carboxylic acid groups (broad SMARTS) is 1. The number of hydrogen-bond acceptors (Lipinski definition) is 4. The van der Waals surface area contributed by atoms with Crippen molar-refractivity contribution in [1.82, 2.24) is 0 Å². The first-order valence-electron chi connectivity index (χ1n) is 2.46. The zero-order chi connectivity index (χ0) is 8.57. The van der Waals surface area contributed by atoms with Crippen LogP contribution in [0.4, 0.5) is 0 Å². The largest absolute Gasteiger partial charge is 1.00 e. The van der Waals surface area contributed by atoms with Gasteiger partial charge in [-0.2, -0.15) is 0 Å². The van der Waals surface area contributed by atoms with E-state index >= 15 is 0 Å². The predicted octanol–water partition coefficient (Wildman–Crippen LogP) is -3.55. The molecule has 0 heterocycles. The van der Waals surface area contributed by atoms with Crippen LogP contribution in [0.2, 0.25) is 0 Å². The van der Waals surface area contributed by atoms with E-state index in [1.54, 1.807) is 0 Å². The maximum Gasteiger partial charge on any atom is 1.00 e. The summed E-state index contributed by atoms with van der Waals surface area (Å²) in [5.74, 6) is -1.41. The van der Waals surface area contributed by atoms with Gasteiger partial charge < -0.3 is 14.6 Å². The van der Waals surface area contributed by atoms with Gasteiger partial charge in [-0.3, -0.25) is 4.79 Å². The Bertz CT molecular complexity index is 129. The van der Waals surface area contributed by atoms with Crippen molar-refractivity contribution in [1.29, 1.82) is 0 Å². The Labute approximate surface area is 87.5 Å². The SMILES string of the molecule is C=COC(C)=O.CC(=O)[O-].[Na+]. The topological polar surface area (TPSA) is 66.4 Å². The monoisotopic (exact) mass is 168 g/mol. The normalized spacial score (nSPS) is 6.00. The molecule has 5 heteroatoms. The summed E-state index contributed by atoms with van der Waals surface area (Å²) in [5.41, 5.74) is 0. The van der Waals surface area contributed by atoms with Crippen LogP contribution in [0.3, 0.4) is 0 Å². The fraction of sp³-hybridized carbons (Fsp3) is 0.333. The van der Waals surface area contributed by atoms with E-state index in [0.717, 1.165) is 13.2 Å². The van der Waals surface area contributed by atoms with Crippen LogP contribution in [0, 0.1) is 0 Å². The van der Waals surface area contributed by atoms with Gasteiger partial charge in [0.25, 0.3) is 0 Å². The third-order valence-corrected chi connectivity index (χ3v) is 0.249. The van der Waals surface area contributed by atoms with Crippen molar-refractivity contribution in [3.05, 3.63) is 12.8 Å². The molecule has 0 saturated carbocycles. The van der Waals surface area contributed by atoms with Crippen LogP contribution < -0.4 is 34.7 Å². The molecule has 4 nitrogen and oxygen atoms in total. The molecule has 0 rings (SSSR count). The Hall–Kier alpha value is -0.320. The molecule has 0 unspecified atom stereocenters. The Balaban J connectivity index is -0.000000114. The van der Waals surface area contributed by atoms with Gasteiger partial charge in [-0.1, -0.05) is 6.58 Å². The van der Waals surface area contributed by atoms with E-state index in [-0.39, 0.29) is 35.5 Å². The summed E-state index contributed by atoms with van der Waals surface area (Å²) in [7, 11) is 0. The predicted molar refractivity (Wildman–Crippen MR) is 32.6 cm³/mol. The smallest absolute Gasteiger partial charge is 0.550 e. The van der Waals surface area contributed by atoms with E-state index < -0.39 is 5.97 Å². The van der Waals surface area contributed by atoms with E-state index in [1.165, 1.54) is 6.92 Å². The van der Waals surface area contributed by atoms with Gasteiger partial charge in [0.05, 0.1) is 6.26 Å². The molecule has 0 aliphatic carbocycles. The summed E-state index contributed by atoms with van der Waals surface area (Å²) >= 11 is 0. The fourth-order valence-electron chi connectivity index (χ4n) is 0.117. The van der Waals surface area contributed by atoms with Crippen LogP contribution in [-0.4, -0.2) is 11.9 Å². The van der Waals surface area contributed by atoms with Crippen molar-refractivity contribution in [2.24, 2.45) is 0 Å². The summed E-state index contributed by atoms with van der Waals surface area (Å²) in [5, 5.41) is 8.89. The molecule has 0 spiro atoms. The number of aliphatic carboxylic acids is 1. The fourth-order valence-corrected chi connectivity index (χ4v) is 0.117. The van der Waals surface area contributed by atoms with E-state index in [1.807, 2.05) is 0 Å². The van der Waals surface area contributed by atoms with Crippen molar-refractivity contribution in [2.45, 2.75) is 13.8 Å². The number of carboxylic acids is 1. The number of esters is 1. The zero-order valence-corrected chi connectivity index (χ0v) is 8.92. The van der Waals surface area contributed by atoms with Crippen LogP contribution in [0.15, 0.2) is 12.8 Å². The third kappa shape index (κ3) is 79.5. The summed E-state index contributed by atoms with van der Waals surface area (Å²) in [6.45, 7) is 5.45. The summed E-state index contributed by atoms with van der Waals surface area (Å²) in [6, 6.07) is 0. The Morgan fingerprint density at radius 3 is 1.73 bits per heavy atom. The molecule has 0 aromatic rings. The molecule has 0 fully saturated rings. The molecule has 0 bridgehead atoms. The van der Waals surface area contributed by atoms with Crippen molar-refractivity contribution < 1.29 is 49.0 Å². The van der Waals surface area contributed by atoms with Gasteiger partial charge in [-0.15, -0.1) is 0 Å². The van der Waals surface area contributed by atoms with Gasteiger partial charge in [0.15, 0.2) is 0 Å². The quantitative estimate of drug-likeness (QED) is 0.231. The van der Waals surface area contributed by atoms with E-state index in [9.17, 15) is 4.79 Å². The van der Waals surface area contributed by atoms with Crippen molar-refractivity contribution in [2.75, 3.05) is 0 Å². The molecule has 0 aromatic heterocycles. The minimum atomic E-state index is -1.08. The molecule has 0 N–H and O–H groups in total. The summed E-state index contributed by atoms with van der Waals surface area (Å²) in [4.78, 5) is 18.6. The molecule has 11 heavy (non-hydrogen) atoms. The molecule has 0 atom stereocenters. The number of carbonyl (C=O) groups excluding carboxylic acids is 2. The molecule has 0 radical (unpaired) electrons. The van der Waals surface area contributed by atoms with E-state index in [0.29, 0.717) is 0 Å². The molecule has 0 aliphatic rings. The van der Waals surface area contributed by atoms with Crippen LogP contribution in [0.1, 0.15) is 13.8 Å². The number of carbonyl (C=O) groups is 2. The van der Waals surface area contributed by atoms with Gasteiger partial charge >= 0.3 is 35.5 Å². The van der Waals surface area contributed by atoms with E-state index in [4.69, 9.17) is 9.90 Å². The van der Waals surface area contributed by atoms with E-state index in [2.05, 4.69) is 11.3 Å². The summed E-state index contributed by atoms with van der Waals surface area (Å²) < 4.78 is 4.17. The van der Waals surface area contributed by atoms with Gasteiger partial charge in [-0.05, 0) is 6.92 Å². The molecular weight excluding hydrogens is 159 g/mol. The minimum absolute atomic E-state index is 0. The second-order valence-electron chi connectivity index (χ2n) is 1.27. The standard InChI is InChI=1S/C4H6O2.C2H4O2.Na/c1-3-6-4(2)5;1-2(3)4;/h3H,1H2,2H3;1H3,(H,3,4);/q;;+1/p-1. The molecule has 0 amide bonds. The van der Waals surface area contributed by atoms with Crippen LogP contribution >= 0.6 is 0 Å². The summed E-state index contributed by atoms with van der Waals surface area (Å²) in [6.07, 6.45) is 1.10. The second-order valence-corrected chi connectivity index (χ2v) is 1.27. The first-order chi connectivity index (χ1) is 4.50. The average molecular weight is 168 g/mol. The second kappa shape index (κ2) is 12.4. The average Bonchev–Trinajstić information content (AvgIpc) is 1.62. The molecule has 58 valence electrons. The first-order valence-corrected chi connectivity index (χ1v) is 2.46. The minimum Gasteiger partial charge on any atom is -0.550 e. The first kappa shape index (κ1) is 17.0. The third-order valence-electron chi connectivity index (χ3n) is 0.249. The van der Waals surface area contributed by atoms with Crippen LogP contribution in [0.25, 0.3) is 0 Å². The zero-order valence-electron chi connectivity index (χ0n) is 6.92. The number of ether oxygens (including phenoxy) is 1. The van der Waals surface area contributed by atoms with Crippen molar-refractivity contribution in [3.8, 4) is 0 Å². The van der Waals surface area contributed by atoms with Crippen molar-refractivity contribution >= 4 is 11.9 Å². The van der Waals surface area contributed by atoms with Gasteiger partial charge in [-0.25, -0.2) is 0 Å².